The topological polar surface area (TPSA) is 68.5 Å². The van der Waals surface area contributed by atoms with Gasteiger partial charge in [-0.15, -0.1) is 11.3 Å². The van der Waals surface area contributed by atoms with E-state index in [1.807, 2.05) is 23.4 Å². The first kappa shape index (κ1) is 15.3. The lowest BCUT2D eigenvalue weighted by atomic mass is 10.2. The fourth-order valence-electron chi connectivity index (χ4n) is 1.95. The Balaban J connectivity index is 2.27. The predicted octanol–water partition coefficient (Wildman–Crippen LogP) is 3.10. The van der Waals surface area contributed by atoms with Crippen LogP contribution in [0.2, 0.25) is 0 Å². The molecule has 0 aliphatic heterocycles. The van der Waals surface area contributed by atoms with Crippen LogP contribution in [0.15, 0.2) is 29.8 Å². The van der Waals surface area contributed by atoms with Gasteiger partial charge in [0.05, 0.1) is 30.1 Å². The summed E-state index contributed by atoms with van der Waals surface area (Å²) in [6.07, 6.45) is 1.50. The Morgan fingerprint density at radius 2 is 2.33 bits per heavy atom. The average molecular weight is 305 g/mol. The summed E-state index contributed by atoms with van der Waals surface area (Å²) in [4.78, 5) is 19.4. The standard InChI is InChI=1S/C15H19N3O2S/c1-4-20-15(19)11-8-14(17-9-12(11)16)18(3)10(2)13-6-5-7-21-13/h5-10H,4,16H2,1-3H3. The number of ether oxygens (including phenoxy) is 1. The quantitative estimate of drug-likeness (QED) is 0.860. The Kier molecular flexibility index (Phi) is 4.80. The minimum Gasteiger partial charge on any atom is -0.462 e. The third-order valence-corrected chi connectivity index (χ3v) is 4.36. The van der Waals surface area contributed by atoms with Gasteiger partial charge in [-0.2, -0.15) is 0 Å². The summed E-state index contributed by atoms with van der Waals surface area (Å²) in [5.41, 5.74) is 6.49. The van der Waals surface area contributed by atoms with Crippen LogP contribution >= 0.6 is 11.3 Å². The van der Waals surface area contributed by atoms with Crippen LogP contribution in [0, 0.1) is 0 Å². The zero-order valence-corrected chi connectivity index (χ0v) is 13.2. The van der Waals surface area contributed by atoms with E-state index in [1.54, 1.807) is 24.3 Å². The van der Waals surface area contributed by atoms with Gasteiger partial charge in [0, 0.05) is 11.9 Å². The Hall–Kier alpha value is -2.08. The van der Waals surface area contributed by atoms with Crippen molar-refractivity contribution in [1.29, 1.82) is 0 Å². The van der Waals surface area contributed by atoms with Gasteiger partial charge in [0.1, 0.15) is 5.82 Å². The number of aromatic nitrogens is 1. The Bertz CT molecular complexity index is 613. The minimum absolute atomic E-state index is 0.163. The summed E-state index contributed by atoms with van der Waals surface area (Å²) in [6.45, 7) is 4.17. The summed E-state index contributed by atoms with van der Waals surface area (Å²) in [7, 11) is 1.94. The van der Waals surface area contributed by atoms with Crippen molar-refractivity contribution in [3.8, 4) is 0 Å². The number of rotatable bonds is 5. The van der Waals surface area contributed by atoms with Crippen molar-refractivity contribution >= 4 is 28.8 Å². The molecular formula is C15H19N3O2S. The molecule has 1 unspecified atom stereocenters. The second kappa shape index (κ2) is 6.58. The minimum atomic E-state index is -0.421. The number of carbonyl (C=O) groups excluding carboxylic acids is 1. The molecule has 0 radical (unpaired) electrons. The number of nitrogens with two attached hydrogens (primary N) is 1. The van der Waals surface area contributed by atoms with E-state index in [0.29, 0.717) is 23.7 Å². The lowest BCUT2D eigenvalue weighted by Crippen LogP contribution is -2.22. The van der Waals surface area contributed by atoms with E-state index >= 15 is 0 Å². The molecule has 112 valence electrons. The van der Waals surface area contributed by atoms with Gasteiger partial charge in [0.2, 0.25) is 0 Å². The summed E-state index contributed by atoms with van der Waals surface area (Å²) in [5.74, 6) is 0.268. The highest BCUT2D eigenvalue weighted by atomic mass is 32.1. The molecule has 0 spiro atoms. The number of thiophene rings is 1. The van der Waals surface area contributed by atoms with E-state index in [9.17, 15) is 4.79 Å². The Morgan fingerprint density at radius 3 is 2.95 bits per heavy atom. The van der Waals surface area contributed by atoms with Crippen molar-refractivity contribution in [2.75, 3.05) is 24.3 Å². The Morgan fingerprint density at radius 1 is 1.57 bits per heavy atom. The van der Waals surface area contributed by atoms with Crippen LogP contribution in [0.3, 0.4) is 0 Å². The van der Waals surface area contributed by atoms with Crippen LogP contribution in [0.1, 0.15) is 35.1 Å². The molecule has 5 nitrogen and oxygen atoms in total. The molecule has 2 aromatic rings. The second-order valence-corrected chi connectivity index (χ2v) is 5.63. The monoisotopic (exact) mass is 305 g/mol. The van der Waals surface area contributed by atoms with Crippen molar-refractivity contribution < 1.29 is 9.53 Å². The van der Waals surface area contributed by atoms with Crippen molar-refractivity contribution in [3.63, 3.8) is 0 Å². The first-order valence-corrected chi connectivity index (χ1v) is 7.61. The number of anilines is 2. The Labute approximate surface area is 128 Å². The largest absolute Gasteiger partial charge is 0.462 e. The maximum absolute atomic E-state index is 11.9. The molecule has 6 heteroatoms. The normalized spacial score (nSPS) is 12.0. The van der Waals surface area contributed by atoms with E-state index in [0.717, 1.165) is 0 Å². The number of hydrogen-bond acceptors (Lipinski definition) is 6. The molecule has 0 saturated carbocycles. The fraction of sp³-hybridized carbons (Fsp3) is 0.333. The number of esters is 1. The van der Waals surface area contributed by atoms with Gasteiger partial charge in [-0.3, -0.25) is 0 Å². The maximum atomic E-state index is 11.9. The van der Waals surface area contributed by atoms with Gasteiger partial charge in [-0.25, -0.2) is 9.78 Å². The molecule has 0 bridgehead atoms. The summed E-state index contributed by atoms with van der Waals surface area (Å²) in [5, 5.41) is 2.04. The SMILES string of the molecule is CCOC(=O)c1cc(N(C)C(C)c2cccs2)ncc1N. The van der Waals surface area contributed by atoms with E-state index in [1.165, 1.54) is 11.1 Å². The maximum Gasteiger partial charge on any atom is 0.340 e. The molecular weight excluding hydrogens is 286 g/mol. The molecule has 0 aliphatic carbocycles. The number of carbonyl (C=O) groups is 1. The van der Waals surface area contributed by atoms with Crippen LogP contribution in [-0.2, 0) is 4.74 Å². The lowest BCUT2D eigenvalue weighted by Gasteiger charge is -2.25. The van der Waals surface area contributed by atoms with E-state index < -0.39 is 5.97 Å². The highest BCUT2D eigenvalue weighted by Crippen LogP contribution is 2.28. The van der Waals surface area contributed by atoms with Gasteiger partial charge in [0.15, 0.2) is 0 Å². The number of hydrogen-bond donors (Lipinski definition) is 1. The molecule has 0 fully saturated rings. The molecule has 2 aromatic heterocycles. The lowest BCUT2D eigenvalue weighted by molar-refractivity contribution is 0.0527. The molecule has 0 saturated heterocycles. The van der Waals surface area contributed by atoms with Crippen molar-refractivity contribution in [3.05, 3.63) is 40.2 Å². The van der Waals surface area contributed by atoms with Crippen LogP contribution in [0.25, 0.3) is 0 Å². The fourth-order valence-corrected chi connectivity index (χ4v) is 2.78. The zero-order chi connectivity index (χ0) is 15.4. The molecule has 0 amide bonds. The summed E-state index contributed by atoms with van der Waals surface area (Å²) >= 11 is 1.69. The molecule has 1 atom stereocenters. The number of nitrogens with zero attached hydrogens (tertiary/aromatic N) is 2. The number of pyridine rings is 1. The van der Waals surface area contributed by atoms with E-state index in [-0.39, 0.29) is 6.04 Å². The second-order valence-electron chi connectivity index (χ2n) is 4.65. The number of nitrogen functional groups attached to an aromatic ring is 1. The third kappa shape index (κ3) is 3.33. The molecule has 0 aromatic carbocycles. The molecule has 0 aliphatic rings. The average Bonchev–Trinajstić information content (AvgIpc) is 3.00. The predicted molar refractivity (Wildman–Crippen MR) is 85.7 cm³/mol. The zero-order valence-electron chi connectivity index (χ0n) is 12.4. The third-order valence-electron chi connectivity index (χ3n) is 3.31. The first-order valence-electron chi connectivity index (χ1n) is 6.73. The van der Waals surface area contributed by atoms with Crippen molar-refractivity contribution in [2.45, 2.75) is 19.9 Å². The van der Waals surface area contributed by atoms with Gasteiger partial charge in [-0.1, -0.05) is 6.07 Å². The van der Waals surface area contributed by atoms with Crippen LogP contribution in [0.5, 0.6) is 0 Å². The molecule has 2 heterocycles. The summed E-state index contributed by atoms with van der Waals surface area (Å²) in [6, 6.07) is 5.94. The van der Waals surface area contributed by atoms with Crippen LogP contribution in [0.4, 0.5) is 11.5 Å². The van der Waals surface area contributed by atoms with E-state index in [2.05, 4.69) is 18.0 Å². The van der Waals surface area contributed by atoms with Crippen molar-refractivity contribution in [1.82, 2.24) is 4.98 Å². The van der Waals surface area contributed by atoms with Gasteiger partial charge < -0.3 is 15.4 Å². The van der Waals surface area contributed by atoms with Gasteiger partial charge >= 0.3 is 5.97 Å². The summed E-state index contributed by atoms with van der Waals surface area (Å²) < 4.78 is 5.01. The van der Waals surface area contributed by atoms with Crippen LogP contribution < -0.4 is 10.6 Å². The first-order chi connectivity index (χ1) is 10.0. The highest BCUT2D eigenvalue weighted by molar-refractivity contribution is 7.10. The smallest absolute Gasteiger partial charge is 0.340 e. The molecule has 21 heavy (non-hydrogen) atoms. The van der Waals surface area contributed by atoms with Crippen molar-refractivity contribution in [2.24, 2.45) is 0 Å². The van der Waals surface area contributed by atoms with E-state index in [4.69, 9.17) is 10.5 Å². The molecule has 2 rings (SSSR count). The van der Waals surface area contributed by atoms with Gasteiger partial charge in [-0.05, 0) is 31.4 Å². The van der Waals surface area contributed by atoms with Gasteiger partial charge in [0.25, 0.3) is 0 Å². The molecule has 2 N–H and O–H groups in total. The van der Waals surface area contributed by atoms with Crippen LogP contribution in [-0.4, -0.2) is 24.6 Å². The highest BCUT2D eigenvalue weighted by Gasteiger charge is 2.18.